The molecule has 3 rings (SSSR count). The molecule has 29 heavy (non-hydrogen) atoms. The number of aromatic nitrogens is 3. The van der Waals surface area contributed by atoms with Crippen molar-refractivity contribution >= 4 is 34.4 Å². The molecule has 1 aliphatic rings. The largest absolute Gasteiger partial charge is 0.390 e. The molecule has 9 nitrogen and oxygen atoms in total. The van der Waals surface area contributed by atoms with Crippen LogP contribution in [0.1, 0.15) is 19.8 Å². The maximum absolute atomic E-state index is 12.8. The third-order valence-electron chi connectivity index (χ3n) is 5.52. The van der Waals surface area contributed by atoms with E-state index < -0.39 is 17.9 Å². The van der Waals surface area contributed by atoms with Crippen molar-refractivity contribution in [3.63, 3.8) is 0 Å². The molecular weight excluding hydrogens is 394 g/mol. The van der Waals surface area contributed by atoms with Crippen LogP contribution < -0.4 is 4.90 Å². The molecule has 2 aromatic heterocycles. The van der Waals surface area contributed by atoms with E-state index >= 15 is 0 Å². The Hall–Kier alpha value is -2.88. The number of aliphatic hydroxyl groups is 1. The molecule has 1 amide bonds. The fraction of sp³-hybridized carbons (Fsp3) is 0.526. The summed E-state index contributed by atoms with van der Waals surface area (Å²) in [7, 11) is 1.90. The third-order valence-corrected chi connectivity index (χ3v) is 5.69. The monoisotopic (exact) mass is 415 g/mol. The van der Waals surface area contributed by atoms with Crippen LogP contribution in [0.2, 0.25) is 5.28 Å². The number of carbonyl (C=O) groups excluding carboxylic acids is 1. The highest BCUT2D eigenvalue weighted by Crippen LogP contribution is 2.30. The number of amides is 1. The second kappa shape index (κ2) is 8.64. The molecular formula is C19H22ClN7O2. The van der Waals surface area contributed by atoms with Crippen molar-refractivity contribution in [3.8, 4) is 12.1 Å². The van der Waals surface area contributed by atoms with Gasteiger partial charge in [0.2, 0.25) is 11.2 Å². The zero-order chi connectivity index (χ0) is 21.1. The van der Waals surface area contributed by atoms with Gasteiger partial charge in [-0.25, -0.2) is 0 Å². The van der Waals surface area contributed by atoms with Gasteiger partial charge in [-0.15, -0.1) is 0 Å². The number of piperidine rings is 1. The summed E-state index contributed by atoms with van der Waals surface area (Å²) in [5.41, 5.74) is 0.632. The fourth-order valence-corrected chi connectivity index (χ4v) is 3.96. The van der Waals surface area contributed by atoms with Crippen LogP contribution in [-0.4, -0.2) is 63.1 Å². The minimum absolute atomic E-state index is 0.0655. The van der Waals surface area contributed by atoms with Gasteiger partial charge in [-0.05, 0) is 30.0 Å². The number of fused-ring (bicyclic) bond motifs is 1. The van der Waals surface area contributed by atoms with E-state index in [4.69, 9.17) is 16.9 Å². The van der Waals surface area contributed by atoms with Crippen LogP contribution in [0, 0.1) is 34.5 Å². The Balaban J connectivity index is 1.84. The van der Waals surface area contributed by atoms with Crippen LogP contribution in [0.15, 0.2) is 12.3 Å². The van der Waals surface area contributed by atoms with Crippen molar-refractivity contribution in [2.45, 2.75) is 31.9 Å². The van der Waals surface area contributed by atoms with Crippen LogP contribution >= 0.6 is 11.6 Å². The van der Waals surface area contributed by atoms with Gasteiger partial charge in [-0.3, -0.25) is 4.79 Å². The zero-order valence-corrected chi connectivity index (χ0v) is 17.0. The Morgan fingerprint density at radius 2 is 2.28 bits per heavy atom. The Kier molecular flexibility index (Phi) is 6.21. The van der Waals surface area contributed by atoms with E-state index in [1.165, 1.54) is 0 Å². The van der Waals surface area contributed by atoms with Gasteiger partial charge in [0.25, 0.3) is 0 Å². The molecule has 0 radical (unpaired) electrons. The molecule has 2 aromatic rings. The van der Waals surface area contributed by atoms with E-state index in [1.807, 2.05) is 24.1 Å². The number of anilines is 1. The maximum Gasteiger partial charge on any atom is 0.242 e. The van der Waals surface area contributed by atoms with E-state index in [1.54, 1.807) is 17.2 Å². The summed E-state index contributed by atoms with van der Waals surface area (Å²) in [4.78, 5) is 28.0. The fourth-order valence-electron chi connectivity index (χ4n) is 3.79. The van der Waals surface area contributed by atoms with Crippen molar-refractivity contribution in [3.05, 3.63) is 17.5 Å². The van der Waals surface area contributed by atoms with Crippen LogP contribution in [0.3, 0.4) is 0 Å². The molecule has 2 N–H and O–H groups in total. The molecule has 4 atom stereocenters. The molecule has 0 bridgehead atoms. The first-order valence-corrected chi connectivity index (χ1v) is 9.72. The number of rotatable bonds is 5. The average Bonchev–Trinajstić information content (AvgIpc) is 3.16. The lowest BCUT2D eigenvalue weighted by Crippen LogP contribution is -2.54. The number of H-pyrrole nitrogens is 1. The Morgan fingerprint density at radius 3 is 2.97 bits per heavy atom. The lowest BCUT2D eigenvalue weighted by molar-refractivity contribution is -0.138. The number of likely N-dealkylation sites (tertiary alicyclic amines) is 1. The SMILES string of the molecule is C[C@@H]1CCN(C(=O)C(C#N)C(O)CC#N)C[C@@H]1N(C)c1nc(Cl)nc2[nH]ccc12. The quantitative estimate of drug-likeness (QED) is 0.710. The summed E-state index contributed by atoms with van der Waals surface area (Å²) in [5, 5.41) is 29.1. The van der Waals surface area contributed by atoms with Crippen LogP contribution in [0.5, 0.6) is 0 Å². The maximum atomic E-state index is 12.8. The second-order valence-corrected chi connectivity index (χ2v) is 7.66. The predicted octanol–water partition coefficient (Wildman–Crippen LogP) is 1.70. The molecule has 10 heteroatoms. The van der Waals surface area contributed by atoms with Crippen molar-refractivity contribution in [2.24, 2.45) is 11.8 Å². The number of aliphatic hydroxyl groups excluding tert-OH is 1. The summed E-state index contributed by atoms with van der Waals surface area (Å²) < 4.78 is 0. The van der Waals surface area contributed by atoms with E-state index in [-0.39, 0.29) is 23.7 Å². The van der Waals surface area contributed by atoms with Gasteiger partial charge in [0.1, 0.15) is 11.5 Å². The highest BCUT2D eigenvalue weighted by Gasteiger charge is 2.37. The number of halogens is 1. The lowest BCUT2D eigenvalue weighted by Gasteiger charge is -2.42. The first-order chi connectivity index (χ1) is 13.9. The van der Waals surface area contributed by atoms with Gasteiger partial charge in [-0.1, -0.05) is 6.92 Å². The van der Waals surface area contributed by atoms with Gasteiger partial charge in [0, 0.05) is 26.3 Å². The van der Waals surface area contributed by atoms with E-state index in [0.717, 1.165) is 11.8 Å². The van der Waals surface area contributed by atoms with Gasteiger partial charge in [0.15, 0.2) is 5.92 Å². The highest BCUT2D eigenvalue weighted by molar-refractivity contribution is 6.28. The smallest absolute Gasteiger partial charge is 0.242 e. The van der Waals surface area contributed by atoms with Gasteiger partial charge in [0.05, 0.1) is 36.1 Å². The van der Waals surface area contributed by atoms with Crippen molar-refractivity contribution < 1.29 is 9.90 Å². The van der Waals surface area contributed by atoms with E-state index in [2.05, 4.69) is 21.9 Å². The molecule has 0 aromatic carbocycles. The predicted molar refractivity (Wildman–Crippen MR) is 107 cm³/mol. The summed E-state index contributed by atoms with van der Waals surface area (Å²) >= 11 is 6.08. The topological polar surface area (TPSA) is 133 Å². The number of hydrogen-bond donors (Lipinski definition) is 2. The number of aromatic amines is 1. The number of nitriles is 2. The molecule has 1 aliphatic heterocycles. The minimum Gasteiger partial charge on any atom is -0.390 e. The summed E-state index contributed by atoms with van der Waals surface area (Å²) in [6, 6.07) is 5.46. The zero-order valence-electron chi connectivity index (χ0n) is 16.2. The number of likely N-dealkylation sites (N-methyl/N-ethyl adjacent to an activating group) is 1. The highest BCUT2D eigenvalue weighted by atomic mass is 35.5. The summed E-state index contributed by atoms with van der Waals surface area (Å²) in [5.74, 6) is -0.781. The Bertz CT molecular complexity index is 979. The molecule has 1 fully saturated rings. The Labute approximate surface area is 173 Å². The molecule has 0 saturated carbocycles. The average molecular weight is 416 g/mol. The number of nitrogens with one attached hydrogen (secondary N) is 1. The third kappa shape index (κ3) is 4.12. The Morgan fingerprint density at radius 1 is 1.52 bits per heavy atom. The molecule has 2 unspecified atom stereocenters. The molecule has 0 spiro atoms. The number of hydrogen-bond acceptors (Lipinski definition) is 7. The van der Waals surface area contributed by atoms with Gasteiger partial charge in [-0.2, -0.15) is 20.5 Å². The number of carbonyl (C=O) groups is 1. The second-order valence-electron chi connectivity index (χ2n) is 7.32. The molecule has 1 saturated heterocycles. The first-order valence-electron chi connectivity index (χ1n) is 9.34. The first kappa shape index (κ1) is 20.8. The van der Waals surface area contributed by atoms with E-state index in [0.29, 0.717) is 24.6 Å². The van der Waals surface area contributed by atoms with Gasteiger partial charge >= 0.3 is 0 Å². The molecule has 3 heterocycles. The minimum atomic E-state index is -1.30. The molecule has 152 valence electrons. The lowest BCUT2D eigenvalue weighted by atomic mass is 9.90. The van der Waals surface area contributed by atoms with E-state index in [9.17, 15) is 15.2 Å². The number of nitrogens with zero attached hydrogens (tertiary/aromatic N) is 6. The van der Waals surface area contributed by atoms with Crippen LogP contribution in [0.4, 0.5) is 5.82 Å². The summed E-state index contributed by atoms with van der Waals surface area (Å²) in [6.45, 7) is 2.97. The molecule has 0 aliphatic carbocycles. The standard InChI is InChI=1S/C19H22ClN7O2/c1-11-5-8-27(18(29)13(9-22)15(28)3-6-21)10-14(11)26(2)17-12-4-7-23-16(12)24-19(20)25-17/h4,7,11,13-15,28H,3,5,8,10H2,1-2H3,(H,23,24,25)/t11-,13?,14+,15?/m1/s1. The summed E-state index contributed by atoms with van der Waals surface area (Å²) in [6.07, 6.45) is 0.944. The van der Waals surface area contributed by atoms with Crippen molar-refractivity contribution in [1.82, 2.24) is 19.9 Å². The van der Waals surface area contributed by atoms with Crippen molar-refractivity contribution in [1.29, 1.82) is 10.5 Å². The van der Waals surface area contributed by atoms with Crippen molar-refractivity contribution in [2.75, 3.05) is 25.0 Å². The van der Waals surface area contributed by atoms with Crippen LogP contribution in [-0.2, 0) is 4.79 Å². The normalized spacial score (nSPS) is 21.2. The van der Waals surface area contributed by atoms with Crippen LogP contribution in [0.25, 0.3) is 11.0 Å². The van der Waals surface area contributed by atoms with Gasteiger partial charge < -0.3 is 19.9 Å².